The molecule has 27 heavy (non-hydrogen) atoms. The van der Waals surface area contributed by atoms with E-state index in [0.717, 1.165) is 30.9 Å². The normalized spacial score (nSPS) is 11.2. The topological polar surface area (TPSA) is 75.2 Å². The number of nitrogens with one attached hydrogen (secondary N) is 1. The molecule has 0 bridgehead atoms. The Morgan fingerprint density at radius 1 is 1.04 bits per heavy atom. The van der Waals surface area contributed by atoms with E-state index in [1.807, 2.05) is 24.1 Å². The molecule has 0 fully saturated rings. The summed E-state index contributed by atoms with van der Waals surface area (Å²) in [4.78, 5) is 10.3. The first-order chi connectivity index (χ1) is 12.9. The van der Waals surface area contributed by atoms with E-state index < -0.39 is 15.8 Å². The van der Waals surface area contributed by atoms with Crippen LogP contribution in [0, 0.1) is 5.82 Å². The van der Waals surface area contributed by atoms with Crippen LogP contribution in [0.15, 0.2) is 72.0 Å². The zero-order valence-electron chi connectivity index (χ0n) is 14.7. The summed E-state index contributed by atoms with van der Waals surface area (Å²) in [5, 5.41) is 0. The second kappa shape index (κ2) is 8.13. The van der Waals surface area contributed by atoms with Crippen LogP contribution in [0.5, 0.6) is 0 Å². The molecule has 1 N–H and O–H groups in total. The Bertz CT molecular complexity index is 978. The van der Waals surface area contributed by atoms with Gasteiger partial charge in [-0.2, -0.15) is 0 Å². The minimum absolute atomic E-state index is 0.0116. The molecule has 0 aliphatic carbocycles. The predicted octanol–water partition coefficient (Wildman–Crippen LogP) is 3.10. The summed E-state index contributed by atoms with van der Waals surface area (Å²) in [7, 11) is -1.86. The van der Waals surface area contributed by atoms with E-state index in [1.54, 1.807) is 24.5 Å². The van der Waals surface area contributed by atoms with Crippen LogP contribution in [-0.2, 0) is 16.4 Å². The van der Waals surface area contributed by atoms with Gasteiger partial charge in [-0.05, 0) is 60.5 Å². The SMILES string of the molecule is CN(CCc1ccncc1)c1ccc(NS(=O)(=O)c2ccc(F)cc2)cn1. The monoisotopic (exact) mass is 386 g/mol. The molecule has 2 aromatic heterocycles. The number of rotatable bonds is 7. The highest BCUT2D eigenvalue weighted by Gasteiger charge is 2.14. The maximum atomic E-state index is 13.0. The Hall–Kier alpha value is -3.00. The molecule has 0 aliphatic rings. The number of benzene rings is 1. The van der Waals surface area contributed by atoms with Gasteiger partial charge in [-0.15, -0.1) is 0 Å². The molecule has 3 rings (SSSR count). The first-order valence-corrected chi connectivity index (χ1v) is 9.77. The average molecular weight is 386 g/mol. The molecule has 0 unspecified atom stereocenters. The molecule has 0 spiro atoms. The van der Waals surface area contributed by atoms with Crippen molar-refractivity contribution in [3.8, 4) is 0 Å². The van der Waals surface area contributed by atoms with Crippen molar-refractivity contribution < 1.29 is 12.8 Å². The molecule has 3 aromatic rings. The number of nitrogens with zero attached hydrogens (tertiary/aromatic N) is 3. The lowest BCUT2D eigenvalue weighted by molar-refractivity contribution is 0.599. The fraction of sp³-hybridized carbons (Fsp3) is 0.158. The highest BCUT2D eigenvalue weighted by molar-refractivity contribution is 7.92. The summed E-state index contributed by atoms with van der Waals surface area (Å²) >= 11 is 0. The summed E-state index contributed by atoms with van der Waals surface area (Å²) in [5.41, 5.74) is 1.52. The van der Waals surface area contributed by atoms with Crippen molar-refractivity contribution in [2.24, 2.45) is 0 Å². The van der Waals surface area contributed by atoms with E-state index >= 15 is 0 Å². The number of likely N-dealkylation sites (N-methyl/N-ethyl adjacent to an activating group) is 1. The zero-order valence-corrected chi connectivity index (χ0v) is 15.5. The van der Waals surface area contributed by atoms with E-state index in [2.05, 4.69) is 14.7 Å². The van der Waals surface area contributed by atoms with Crippen LogP contribution in [0.1, 0.15) is 5.56 Å². The van der Waals surface area contributed by atoms with Gasteiger partial charge >= 0.3 is 0 Å². The smallest absolute Gasteiger partial charge is 0.261 e. The Morgan fingerprint density at radius 3 is 2.37 bits per heavy atom. The van der Waals surface area contributed by atoms with Crippen LogP contribution in [-0.4, -0.2) is 32.0 Å². The second-order valence-corrected chi connectivity index (χ2v) is 7.67. The number of halogens is 1. The van der Waals surface area contributed by atoms with Crippen molar-refractivity contribution in [2.45, 2.75) is 11.3 Å². The van der Waals surface area contributed by atoms with Gasteiger partial charge in [0, 0.05) is 26.0 Å². The van der Waals surface area contributed by atoms with Crippen LogP contribution >= 0.6 is 0 Å². The summed E-state index contributed by atoms with van der Waals surface area (Å²) in [6.07, 6.45) is 5.82. The summed E-state index contributed by atoms with van der Waals surface area (Å²) in [5.74, 6) is 0.239. The lowest BCUT2D eigenvalue weighted by Crippen LogP contribution is -2.21. The maximum Gasteiger partial charge on any atom is 0.261 e. The summed E-state index contributed by atoms with van der Waals surface area (Å²) in [6.45, 7) is 0.762. The molecule has 2 heterocycles. The molecule has 8 heteroatoms. The van der Waals surface area contributed by atoms with Gasteiger partial charge in [0.1, 0.15) is 11.6 Å². The molecule has 0 radical (unpaired) electrons. The molecule has 1 aromatic carbocycles. The fourth-order valence-electron chi connectivity index (χ4n) is 2.46. The van der Waals surface area contributed by atoms with Crippen LogP contribution < -0.4 is 9.62 Å². The molecule has 0 saturated carbocycles. The number of aromatic nitrogens is 2. The van der Waals surface area contributed by atoms with E-state index in [-0.39, 0.29) is 4.90 Å². The molecular weight excluding hydrogens is 367 g/mol. The van der Waals surface area contributed by atoms with Crippen LogP contribution in [0.3, 0.4) is 0 Å². The lowest BCUT2D eigenvalue weighted by atomic mass is 10.2. The highest BCUT2D eigenvalue weighted by atomic mass is 32.2. The molecule has 0 amide bonds. The Labute approximate surface area is 157 Å². The van der Waals surface area contributed by atoms with Gasteiger partial charge in [-0.3, -0.25) is 9.71 Å². The Kier molecular flexibility index (Phi) is 5.66. The highest BCUT2D eigenvalue weighted by Crippen LogP contribution is 2.18. The molecule has 140 valence electrons. The minimum Gasteiger partial charge on any atom is -0.359 e. The van der Waals surface area contributed by atoms with Gasteiger partial charge in [0.2, 0.25) is 0 Å². The number of hydrogen-bond donors (Lipinski definition) is 1. The standard InChI is InChI=1S/C19H19FN4O2S/c1-24(13-10-15-8-11-21-12-9-15)19-7-4-17(14-22-19)23-27(25,26)18-5-2-16(20)3-6-18/h2-9,11-12,14,23H,10,13H2,1H3. The number of sulfonamides is 1. The summed E-state index contributed by atoms with van der Waals surface area (Å²) < 4.78 is 40.0. The van der Waals surface area contributed by atoms with Crippen LogP contribution in [0.25, 0.3) is 0 Å². The number of hydrogen-bond acceptors (Lipinski definition) is 5. The summed E-state index contributed by atoms with van der Waals surface area (Å²) in [6, 6.07) is 12.0. The van der Waals surface area contributed by atoms with Gasteiger partial charge in [0.15, 0.2) is 0 Å². The minimum atomic E-state index is -3.79. The lowest BCUT2D eigenvalue weighted by Gasteiger charge is -2.18. The number of pyridine rings is 2. The van der Waals surface area contributed by atoms with E-state index in [9.17, 15) is 12.8 Å². The van der Waals surface area contributed by atoms with Gasteiger partial charge in [-0.1, -0.05) is 0 Å². The average Bonchev–Trinajstić information content (AvgIpc) is 2.67. The Morgan fingerprint density at radius 2 is 1.74 bits per heavy atom. The zero-order chi connectivity index (χ0) is 19.3. The van der Waals surface area contributed by atoms with Crippen molar-refractivity contribution in [3.63, 3.8) is 0 Å². The van der Waals surface area contributed by atoms with Gasteiger partial charge in [0.25, 0.3) is 10.0 Å². The molecule has 0 aliphatic heterocycles. The van der Waals surface area contributed by atoms with Crippen molar-refractivity contribution in [1.82, 2.24) is 9.97 Å². The van der Waals surface area contributed by atoms with E-state index in [4.69, 9.17) is 0 Å². The van der Waals surface area contributed by atoms with Crippen molar-refractivity contribution in [3.05, 3.63) is 78.5 Å². The fourth-order valence-corrected chi connectivity index (χ4v) is 3.50. The van der Waals surface area contributed by atoms with Gasteiger partial charge in [-0.25, -0.2) is 17.8 Å². The second-order valence-electron chi connectivity index (χ2n) is 5.99. The van der Waals surface area contributed by atoms with Crippen LogP contribution in [0.2, 0.25) is 0 Å². The van der Waals surface area contributed by atoms with Crippen LogP contribution in [0.4, 0.5) is 15.9 Å². The quantitative estimate of drug-likeness (QED) is 0.675. The third-order valence-electron chi connectivity index (χ3n) is 4.00. The molecular formula is C19H19FN4O2S. The molecule has 0 atom stereocenters. The van der Waals surface area contributed by atoms with E-state index in [0.29, 0.717) is 5.69 Å². The van der Waals surface area contributed by atoms with Crippen molar-refractivity contribution >= 4 is 21.5 Å². The first-order valence-electron chi connectivity index (χ1n) is 8.28. The maximum absolute atomic E-state index is 13.0. The van der Waals surface area contributed by atoms with Gasteiger partial charge in [0.05, 0.1) is 16.8 Å². The third-order valence-corrected chi connectivity index (χ3v) is 5.40. The van der Waals surface area contributed by atoms with Crippen molar-refractivity contribution in [2.75, 3.05) is 23.2 Å². The third kappa shape index (κ3) is 5.01. The van der Waals surface area contributed by atoms with Gasteiger partial charge < -0.3 is 4.90 Å². The van der Waals surface area contributed by atoms with Crippen molar-refractivity contribution in [1.29, 1.82) is 0 Å². The Balaban J connectivity index is 1.63. The predicted molar refractivity (Wildman–Crippen MR) is 103 cm³/mol. The number of anilines is 2. The molecule has 0 saturated heterocycles. The first kappa shape index (κ1) is 18.8. The largest absolute Gasteiger partial charge is 0.359 e. The molecule has 6 nitrogen and oxygen atoms in total. The van der Waals surface area contributed by atoms with E-state index in [1.165, 1.54) is 23.9 Å².